The van der Waals surface area contributed by atoms with E-state index in [9.17, 15) is 0 Å². The highest BCUT2D eigenvalue weighted by atomic mass is 35.5. The average molecular weight is 342 g/mol. The van der Waals surface area contributed by atoms with Crippen molar-refractivity contribution in [3.8, 4) is 0 Å². The van der Waals surface area contributed by atoms with Gasteiger partial charge in [-0.2, -0.15) is 5.10 Å². The summed E-state index contributed by atoms with van der Waals surface area (Å²) in [6, 6.07) is 10.6. The molecule has 4 rings (SSSR count). The zero-order valence-electron chi connectivity index (χ0n) is 13.6. The zero-order valence-corrected chi connectivity index (χ0v) is 14.3. The number of halogens is 1. The zero-order chi connectivity index (χ0) is 16.5. The summed E-state index contributed by atoms with van der Waals surface area (Å²) in [6.45, 7) is 5.76. The highest BCUT2D eigenvalue weighted by Crippen LogP contribution is 2.29. The lowest BCUT2D eigenvalue weighted by molar-refractivity contribution is 0.154. The van der Waals surface area contributed by atoms with E-state index in [0.717, 1.165) is 47.9 Å². The van der Waals surface area contributed by atoms with Crippen molar-refractivity contribution in [3.63, 3.8) is 0 Å². The van der Waals surface area contributed by atoms with E-state index in [0.29, 0.717) is 0 Å². The fourth-order valence-electron chi connectivity index (χ4n) is 3.37. The molecule has 124 valence electrons. The molecule has 5 nitrogen and oxygen atoms in total. The number of hydrogen-bond acceptors (Lipinski definition) is 4. The van der Waals surface area contributed by atoms with Gasteiger partial charge in [0.2, 0.25) is 0 Å². The number of H-pyrrole nitrogens is 1. The Hall–Kier alpha value is -1.95. The van der Waals surface area contributed by atoms with Crippen molar-refractivity contribution < 1.29 is 0 Å². The maximum Gasteiger partial charge on any atom is 0.181 e. The lowest BCUT2D eigenvalue weighted by atomic mass is 10.0. The first-order valence-corrected chi connectivity index (χ1v) is 8.59. The Labute approximate surface area is 146 Å². The Morgan fingerprint density at radius 1 is 1.33 bits per heavy atom. The number of aromatic nitrogens is 3. The van der Waals surface area contributed by atoms with Crippen LogP contribution in [-0.2, 0) is 6.54 Å². The van der Waals surface area contributed by atoms with Crippen LogP contribution in [0.4, 0.5) is 0 Å². The van der Waals surface area contributed by atoms with Gasteiger partial charge in [0, 0.05) is 54.5 Å². The Kier molecular flexibility index (Phi) is 4.22. The first-order valence-electron chi connectivity index (χ1n) is 8.21. The van der Waals surface area contributed by atoms with E-state index in [2.05, 4.69) is 43.6 Å². The Balaban J connectivity index is 1.63. The molecule has 1 aromatic carbocycles. The largest absolute Gasteiger partial charge is 0.314 e. The van der Waals surface area contributed by atoms with Crippen LogP contribution < -0.4 is 5.32 Å². The van der Waals surface area contributed by atoms with Crippen molar-refractivity contribution in [2.24, 2.45) is 0 Å². The predicted molar refractivity (Wildman–Crippen MR) is 96.1 cm³/mol. The van der Waals surface area contributed by atoms with Gasteiger partial charge in [-0.15, -0.1) is 0 Å². The van der Waals surface area contributed by atoms with Crippen LogP contribution in [-0.4, -0.2) is 39.7 Å². The summed E-state index contributed by atoms with van der Waals surface area (Å²) in [5.41, 5.74) is 4.22. The minimum atomic E-state index is 0.272. The van der Waals surface area contributed by atoms with Crippen LogP contribution in [0.3, 0.4) is 0 Å². The quantitative estimate of drug-likeness (QED) is 0.768. The number of hydrogen-bond donors (Lipinski definition) is 2. The van der Waals surface area contributed by atoms with Crippen molar-refractivity contribution in [2.45, 2.75) is 19.5 Å². The van der Waals surface area contributed by atoms with Crippen LogP contribution in [0, 0.1) is 6.92 Å². The fourth-order valence-corrected chi connectivity index (χ4v) is 3.63. The topological polar surface area (TPSA) is 56.8 Å². The van der Waals surface area contributed by atoms with E-state index in [-0.39, 0.29) is 6.04 Å². The summed E-state index contributed by atoms with van der Waals surface area (Å²) in [5.74, 6) is 0. The van der Waals surface area contributed by atoms with Gasteiger partial charge in [0.05, 0.1) is 0 Å². The Bertz CT molecular complexity index is 859. The second-order valence-electron chi connectivity index (χ2n) is 6.28. The summed E-state index contributed by atoms with van der Waals surface area (Å²) in [7, 11) is 0. The smallest absolute Gasteiger partial charge is 0.181 e. The molecule has 2 N–H and O–H groups in total. The van der Waals surface area contributed by atoms with Gasteiger partial charge in [-0.3, -0.25) is 10.00 Å². The van der Waals surface area contributed by atoms with Crippen LogP contribution >= 0.6 is 11.6 Å². The monoisotopic (exact) mass is 341 g/mol. The second-order valence-corrected chi connectivity index (χ2v) is 6.68. The number of piperazine rings is 1. The summed E-state index contributed by atoms with van der Waals surface area (Å²) in [5, 5.41) is 12.6. The molecule has 0 bridgehead atoms. The maximum absolute atomic E-state index is 6.43. The van der Waals surface area contributed by atoms with Crippen molar-refractivity contribution in [3.05, 3.63) is 58.4 Å². The predicted octanol–water partition coefficient (Wildman–Crippen LogP) is 3.07. The third kappa shape index (κ3) is 2.90. The fraction of sp³-hybridized carbons (Fsp3) is 0.333. The minimum absolute atomic E-state index is 0.272. The molecule has 0 radical (unpaired) electrons. The molecule has 3 heterocycles. The van der Waals surface area contributed by atoms with Crippen LogP contribution in [0.25, 0.3) is 11.0 Å². The van der Waals surface area contributed by atoms with Gasteiger partial charge >= 0.3 is 0 Å². The number of benzene rings is 1. The molecule has 1 saturated heterocycles. The maximum atomic E-state index is 6.43. The lowest BCUT2D eigenvalue weighted by Gasteiger charge is -2.37. The van der Waals surface area contributed by atoms with Gasteiger partial charge in [0.1, 0.15) is 0 Å². The standard InChI is InChI=1S/C18H20ClN5/c1-12-15-8-13(9-21-18(15)23-22-12)11-24-7-6-20-10-17(24)14-4-2-3-5-16(14)19/h2-5,8-9,17,20H,6-7,10-11H2,1H3,(H,21,22,23). The Morgan fingerprint density at radius 3 is 3.08 bits per heavy atom. The molecule has 0 spiro atoms. The molecular formula is C18H20ClN5. The molecule has 1 atom stereocenters. The number of aromatic amines is 1. The van der Waals surface area contributed by atoms with Crippen molar-refractivity contribution in [1.82, 2.24) is 25.4 Å². The number of aryl methyl sites for hydroxylation is 1. The normalized spacial score (nSPS) is 19.0. The van der Waals surface area contributed by atoms with Crippen LogP contribution in [0.1, 0.15) is 22.9 Å². The minimum Gasteiger partial charge on any atom is -0.314 e. The van der Waals surface area contributed by atoms with E-state index < -0.39 is 0 Å². The number of rotatable bonds is 3. The SMILES string of the molecule is Cc1[nH]nc2ncc(CN3CCNCC3c3ccccc3Cl)cc12. The molecular weight excluding hydrogens is 322 g/mol. The van der Waals surface area contributed by atoms with E-state index in [1.807, 2.05) is 25.3 Å². The molecule has 3 aromatic rings. The molecule has 6 heteroatoms. The molecule has 1 aliphatic rings. The van der Waals surface area contributed by atoms with E-state index in [1.54, 1.807) is 0 Å². The molecule has 1 aliphatic heterocycles. The third-order valence-corrected chi connectivity index (χ3v) is 5.01. The molecule has 1 fully saturated rings. The summed E-state index contributed by atoms with van der Waals surface area (Å²) in [6.07, 6.45) is 1.92. The first-order chi connectivity index (χ1) is 11.7. The van der Waals surface area contributed by atoms with Gasteiger partial charge < -0.3 is 5.32 Å². The molecule has 0 saturated carbocycles. The number of pyridine rings is 1. The van der Waals surface area contributed by atoms with E-state index >= 15 is 0 Å². The van der Waals surface area contributed by atoms with Gasteiger partial charge in [0.25, 0.3) is 0 Å². The van der Waals surface area contributed by atoms with Crippen LogP contribution in [0.15, 0.2) is 36.5 Å². The highest BCUT2D eigenvalue weighted by Gasteiger charge is 2.25. The summed E-state index contributed by atoms with van der Waals surface area (Å²) in [4.78, 5) is 6.94. The van der Waals surface area contributed by atoms with E-state index in [4.69, 9.17) is 11.6 Å². The van der Waals surface area contributed by atoms with Gasteiger partial charge in [-0.05, 0) is 30.2 Å². The van der Waals surface area contributed by atoms with Crippen molar-refractivity contribution >= 4 is 22.6 Å². The highest BCUT2D eigenvalue weighted by molar-refractivity contribution is 6.31. The lowest BCUT2D eigenvalue weighted by Crippen LogP contribution is -2.45. The average Bonchev–Trinajstić information content (AvgIpc) is 2.97. The van der Waals surface area contributed by atoms with Crippen LogP contribution in [0.2, 0.25) is 5.02 Å². The molecule has 0 aliphatic carbocycles. The summed E-state index contributed by atoms with van der Waals surface area (Å²) >= 11 is 6.43. The van der Waals surface area contributed by atoms with Gasteiger partial charge in [-0.25, -0.2) is 4.98 Å². The number of nitrogens with zero attached hydrogens (tertiary/aromatic N) is 3. The molecule has 24 heavy (non-hydrogen) atoms. The molecule has 1 unspecified atom stereocenters. The molecule has 0 amide bonds. The number of nitrogens with one attached hydrogen (secondary N) is 2. The van der Waals surface area contributed by atoms with Gasteiger partial charge in [0.15, 0.2) is 5.65 Å². The second kappa shape index (κ2) is 6.51. The molecule has 2 aromatic heterocycles. The Morgan fingerprint density at radius 2 is 2.21 bits per heavy atom. The van der Waals surface area contributed by atoms with Crippen molar-refractivity contribution in [1.29, 1.82) is 0 Å². The number of fused-ring (bicyclic) bond motifs is 1. The van der Waals surface area contributed by atoms with E-state index in [1.165, 1.54) is 11.1 Å². The third-order valence-electron chi connectivity index (χ3n) is 4.66. The van der Waals surface area contributed by atoms with Gasteiger partial charge in [-0.1, -0.05) is 29.8 Å². The first kappa shape index (κ1) is 15.6. The van der Waals surface area contributed by atoms with Crippen molar-refractivity contribution in [2.75, 3.05) is 19.6 Å². The van der Waals surface area contributed by atoms with Crippen LogP contribution in [0.5, 0.6) is 0 Å². The summed E-state index contributed by atoms with van der Waals surface area (Å²) < 4.78 is 0.